The van der Waals surface area contributed by atoms with Crippen LogP contribution in [-0.4, -0.2) is 27.3 Å². The molecule has 2 N–H and O–H groups in total. The number of esters is 1. The van der Waals surface area contributed by atoms with Gasteiger partial charge in [0.05, 0.1) is 5.75 Å². The average molecular weight is 241 g/mol. The SMILES string of the molecule is CC(C)(C)OC(=O)CSc1cc(N)ncn1. The van der Waals surface area contributed by atoms with E-state index < -0.39 is 5.60 Å². The molecule has 0 atom stereocenters. The molecule has 0 unspecified atom stereocenters. The second kappa shape index (κ2) is 5.16. The van der Waals surface area contributed by atoms with Gasteiger partial charge in [-0.2, -0.15) is 0 Å². The highest BCUT2D eigenvalue weighted by Gasteiger charge is 2.16. The largest absolute Gasteiger partial charge is 0.459 e. The average Bonchev–Trinajstić information content (AvgIpc) is 2.12. The number of hydrogen-bond donors (Lipinski definition) is 1. The fourth-order valence-corrected chi connectivity index (χ4v) is 1.59. The lowest BCUT2D eigenvalue weighted by Crippen LogP contribution is -2.24. The Morgan fingerprint density at radius 1 is 1.50 bits per heavy atom. The first kappa shape index (κ1) is 12.8. The van der Waals surface area contributed by atoms with E-state index in [0.717, 1.165) is 0 Å². The molecule has 1 aromatic rings. The van der Waals surface area contributed by atoms with E-state index in [1.807, 2.05) is 20.8 Å². The molecule has 1 rings (SSSR count). The minimum atomic E-state index is -0.456. The number of nitrogens with zero attached hydrogens (tertiary/aromatic N) is 2. The van der Waals surface area contributed by atoms with Crippen molar-refractivity contribution in [1.82, 2.24) is 9.97 Å². The van der Waals surface area contributed by atoms with Gasteiger partial charge in [-0.15, -0.1) is 0 Å². The maximum atomic E-state index is 11.4. The molecule has 0 aliphatic heterocycles. The van der Waals surface area contributed by atoms with Crippen LogP contribution in [0.3, 0.4) is 0 Å². The van der Waals surface area contributed by atoms with Crippen molar-refractivity contribution < 1.29 is 9.53 Å². The van der Waals surface area contributed by atoms with Gasteiger partial charge < -0.3 is 10.5 Å². The number of nitrogens with two attached hydrogens (primary N) is 1. The zero-order chi connectivity index (χ0) is 12.2. The Kier molecular flexibility index (Phi) is 4.12. The molecular formula is C10H15N3O2S. The highest BCUT2D eigenvalue weighted by atomic mass is 32.2. The van der Waals surface area contributed by atoms with Crippen molar-refractivity contribution in [3.05, 3.63) is 12.4 Å². The molecule has 88 valence electrons. The number of rotatable bonds is 3. The van der Waals surface area contributed by atoms with Crippen LogP contribution in [0.2, 0.25) is 0 Å². The molecule has 0 saturated heterocycles. The quantitative estimate of drug-likeness (QED) is 0.491. The molecule has 0 aromatic carbocycles. The zero-order valence-electron chi connectivity index (χ0n) is 9.56. The van der Waals surface area contributed by atoms with E-state index in [9.17, 15) is 4.79 Å². The van der Waals surface area contributed by atoms with E-state index in [4.69, 9.17) is 10.5 Å². The predicted octanol–water partition coefficient (Wildman–Crippen LogP) is 1.49. The Balaban J connectivity index is 2.43. The summed E-state index contributed by atoms with van der Waals surface area (Å²) in [4.78, 5) is 19.1. The fourth-order valence-electron chi connectivity index (χ4n) is 0.936. The van der Waals surface area contributed by atoms with Gasteiger partial charge in [-0.25, -0.2) is 9.97 Å². The summed E-state index contributed by atoms with van der Waals surface area (Å²) in [6.07, 6.45) is 1.37. The lowest BCUT2D eigenvalue weighted by molar-refractivity contribution is -0.151. The van der Waals surface area contributed by atoms with Crippen molar-refractivity contribution in [3.63, 3.8) is 0 Å². The molecule has 0 radical (unpaired) electrons. The van der Waals surface area contributed by atoms with Crippen molar-refractivity contribution in [2.24, 2.45) is 0 Å². The van der Waals surface area contributed by atoms with Gasteiger partial charge in [-0.3, -0.25) is 4.79 Å². The third-order valence-corrected chi connectivity index (χ3v) is 2.32. The first-order valence-electron chi connectivity index (χ1n) is 4.79. The van der Waals surface area contributed by atoms with Gasteiger partial charge in [0.25, 0.3) is 0 Å². The summed E-state index contributed by atoms with van der Waals surface area (Å²) in [5.41, 5.74) is 5.03. The second-order valence-corrected chi connectivity index (χ2v) is 5.15. The second-order valence-electron chi connectivity index (χ2n) is 4.16. The number of thioether (sulfide) groups is 1. The lowest BCUT2D eigenvalue weighted by atomic mass is 10.2. The van der Waals surface area contributed by atoms with Crippen LogP contribution in [0.1, 0.15) is 20.8 Å². The minimum Gasteiger partial charge on any atom is -0.459 e. The number of nitrogen functional groups attached to an aromatic ring is 1. The molecule has 6 heteroatoms. The molecule has 0 amide bonds. The molecule has 0 bridgehead atoms. The third-order valence-electron chi connectivity index (χ3n) is 1.42. The standard InChI is InChI=1S/C10H15N3O2S/c1-10(2,3)15-9(14)5-16-8-4-7(11)12-6-13-8/h4,6H,5H2,1-3H3,(H2,11,12,13). The van der Waals surface area contributed by atoms with E-state index in [1.54, 1.807) is 6.07 Å². The summed E-state index contributed by atoms with van der Waals surface area (Å²) in [5, 5.41) is 0.665. The monoisotopic (exact) mass is 241 g/mol. The van der Waals surface area contributed by atoms with Crippen LogP contribution >= 0.6 is 11.8 Å². The molecule has 0 aliphatic rings. The van der Waals surface area contributed by atoms with Crippen molar-refractivity contribution >= 4 is 23.5 Å². The molecule has 0 aliphatic carbocycles. The number of anilines is 1. The first-order chi connectivity index (χ1) is 7.37. The Hall–Kier alpha value is -1.30. The summed E-state index contributed by atoms with van der Waals surface area (Å²) in [5.74, 6) is 0.338. The highest BCUT2D eigenvalue weighted by Crippen LogP contribution is 2.17. The van der Waals surface area contributed by atoms with E-state index in [-0.39, 0.29) is 11.7 Å². The number of ether oxygens (including phenoxy) is 1. The number of carbonyl (C=O) groups is 1. The van der Waals surface area contributed by atoms with Crippen LogP contribution in [0.15, 0.2) is 17.4 Å². The van der Waals surface area contributed by atoms with Gasteiger partial charge in [0.15, 0.2) is 0 Å². The molecule has 1 aromatic heterocycles. The van der Waals surface area contributed by atoms with Crippen LogP contribution < -0.4 is 5.73 Å². The van der Waals surface area contributed by atoms with Crippen molar-refractivity contribution in [2.75, 3.05) is 11.5 Å². The Bertz CT molecular complexity index is 377. The van der Waals surface area contributed by atoms with Gasteiger partial charge >= 0.3 is 5.97 Å². The van der Waals surface area contributed by atoms with Gasteiger partial charge in [0.1, 0.15) is 22.8 Å². The highest BCUT2D eigenvalue weighted by molar-refractivity contribution is 7.99. The van der Waals surface area contributed by atoms with Crippen molar-refractivity contribution in [2.45, 2.75) is 31.4 Å². The zero-order valence-corrected chi connectivity index (χ0v) is 10.4. The molecule has 0 fully saturated rings. The Morgan fingerprint density at radius 2 is 2.19 bits per heavy atom. The summed E-state index contributed by atoms with van der Waals surface area (Å²) in [6, 6.07) is 1.62. The fraction of sp³-hybridized carbons (Fsp3) is 0.500. The molecule has 1 heterocycles. The van der Waals surface area contributed by atoms with Gasteiger partial charge in [-0.1, -0.05) is 11.8 Å². The van der Waals surface area contributed by atoms with Crippen LogP contribution in [0.4, 0.5) is 5.82 Å². The Labute approximate surface area is 98.8 Å². The van der Waals surface area contributed by atoms with Crippen LogP contribution in [-0.2, 0) is 9.53 Å². The van der Waals surface area contributed by atoms with Gasteiger partial charge in [0.2, 0.25) is 0 Å². The maximum absolute atomic E-state index is 11.4. The number of aromatic nitrogens is 2. The van der Waals surface area contributed by atoms with E-state index in [1.165, 1.54) is 18.1 Å². The number of carbonyl (C=O) groups excluding carboxylic acids is 1. The third kappa shape index (κ3) is 4.97. The summed E-state index contributed by atoms with van der Waals surface area (Å²) in [7, 11) is 0. The molecular weight excluding hydrogens is 226 g/mol. The predicted molar refractivity (Wildman–Crippen MR) is 63.0 cm³/mol. The molecule has 5 nitrogen and oxygen atoms in total. The normalized spacial score (nSPS) is 11.2. The summed E-state index contributed by atoms with van der Waals surface area (Å²) < 4.78 is 5.16. The summed E-state index contributed by atoms with van der Waals surface area (Å²) >= 11 is 1.28. The number of hydrogen-bond acceptors (Lipinski definition) is 6. The van der Waals surface area contributed by atoms with E-state index in [0.29, 0.717) is 10.8 Å². The first-order valence-corrected chi connectivity index (χ1v) is 5.77. The minimum absolute atomic E-state index is 0.216. The van der Waals surface area contributed by atoms with Gasteiger partial charge in [0, 0.05) is 6.07 Å². The Morgan fingerprint density at radius 3 is 2.75 bits per heavy atom. The van der Waals surface area contributed by atoms with Crippen molar-refractivity contribution in [3.8, 4) is 0 Å². The topological polar surface area (TPSA) is 78.1 Å². The van der Waals surface area contributed by atoms with Gasteiger partial charge in [-0.05, 0) is 20.8 Å². The van der Waals surface area contributed by atoms with Crippen LogP contribution in [0, 0.1) is 0 Å². The maximum Gasteiger partial charge on any atom is 0.316 e. The molecule has 0 saturated carbocycles. The van der Waals surface area contributed by atoms with Crippen LogP contribution in [0.25, 0.3) is 0 Å². The van der Waals surface area contributed by atoms with Crippen LogP contribution in [0.5, 0.6) is 0 Å². The summed E-state index contributed by atoms with van der Waals surface area (Å²) in [6.45, 7) is 5.49. The lowest BCUT2D eigenvalue weighted by Gasteiger charge is -2.19. The van der Waals surface area contributed by atoms with E-state index in [2.05, 4.69) is 9.97 Å². The molecule has 16 heavy (non-hydrogen) atoms. The van der Waals surface area contributed by atoms with E-state index >= 15 is 0 Å². The molecule has 0 spiro atoms. The smallest absolute Gasteiger partial charge is 0.316 e. The van der Waals surface area contributed by atoms with Crippen molar-refractivity contribution in [1.29, 1.82) is 0 Å².